The zero-order chi connectivity index (χ0) is 50.3. The van der Waals surface area contributed by atoms with E-state index >= 15 is 0 Å². The molecule has 0 aliphatic carbocycles. The van der Waals surface area contributed by atoms with Gasteiger partial charge in [0, 0.05) is 32.9 Å². The summed E-state index contributed by atoms with van der Waals surface area (Å²) in [6.07, 6.45) is 0. The molecular weight excluding hydrogens is 893 g/mol. The summed E-state index contributed by atoms with van der Waals surface area (Å²) >= 11 is 0. The van der Waals surface area contributed by atoms with E-state index in [2.05, 4.69) is 294 Å². The van der Waals surface area contributed by atoms with E-state index in [-0.39, 0.29) is 10.8 Å². The third-order valence-electron chi connectivity index (χ3n) is 15.4. The van der Waals surface area contributed by atoms with Crippen molar-refractivity contribution in [3.8, 4) is 50.2 Å². The second-order valence-electron chi connectivity index (χ2n) is 22.2. The van der Waals surface area contributed by atoms with Gasteiger partial charge in [-0.1, -0.05) is 230 Å². The van der Waals surface area contributed by atoms with Crippen LogP contribution in [0.2, 0.25) is 0 Å². The van der Waals surface area contributed by atoms with Gasteiger partial charge in [-0.15, -0.1) is 0 Å². The van der Waals surface area contributed by atoms with E-state index in [1.807, 2.05) is 0 Å². The zero-order valence-electron chi connectivity index (χ0n) is 43.0. The zero-order valence-corrected chi connectivity index (χ0v) is 43.0. The third kappa shape index (κ3) is 7.72. The lowest BCUT2D eigenvalue weighted by Gasteiger charge is -2.32. The highest BCUT2D eigenvalue weighted by atomic mass is 15.1. The molecule has 0 aliphatic heterocycles. The Balaban J connectivity index is 1.11. The first-order chi connectivity index (χ1) is 36.0. The van der Waals surface area contributed by atoms with E-state index < -0.39 is 0 Å². The number of fused-ring (bicyclic) bond motifs is 3. The van der Waals surface area contributed by atoms with Crippen LogP contribution < -0.4 is 4.90 Å². The van der Waals surface area contributed by atoms with Crippen LogP contribution in [0.5, 0.6) is 0 Å². The van der Waals surface area contributed by atoms with E-state index in [4.69, 9.17) is 0 Å². The predicted molar refractivity (Wildman–Crippen MR) is 318 cm³/mol. The Morgan fingerprint density at radius 1 is 0.311 bits per heavy atom. The molecule has 0 saturated heterocycles. The number of aromatic nitrogens is 1. The van der Waals surface area contributed by atoms with Gasteiger partial charge in [0.15, 0.2) is 0 Å². The second kappa shape index (κ2) is 17.5. The molecule has 0 unspecified atom stereocenters. The lowest BCUT2D eigenvalue weighted by molar-refractivity contribution is 0.590. The summed E-state index contributed by atoms with van der Waals surface area (Å²) in [5.74, 6) is 0. The van der Waals surface area contributed by atoms with Crippen LogP contribution >= 0.6 is 0 Å². The van der Waals surface area contributed by atoms with Crippen LogP contribution in [0.1, 0.15) is 52.7 Å². The van der Waals surface area contributed by atoms with Crippen LogP contribution in [0.15, 0.2) is 243 Å². The first-order valence-corrected chi connectivity index (χ1v) is 26.1. The number of nitrogens with zero attached hydrogens (tertiary/aromatic N) is 2. The van der Waals surface area contributed by atoms with Gasteiger partial charge in [0.05, 0.1) is 22.4 Å². The van der Waals surface area contributed by atoms with Gasteiger partial charge >= 0.3 is 0 Å². The highest BCUT2D eigenvalue weighted by molar-refractivity contribution is 6.27. The number of hydrogen-bond donors (Lipinski definition) is 0. The van der Waals surface area contributed by atoms with Crippen molar-refractivity contribution in [2.75, 3.05) is 4.90 Å². The van der Waals surface area contributed by atoms with Gasteiger partial charge in [-0.05, 0) is 143 Å². The van der Waals surface area contributed by atoms with Gasteiger partial charge in [-0.2, -0.15) is 0 Å². The molecule has 2 nitrogen and oxygen atoms in total. The van der Waals surface area contributed by atoms with Crippen molar-refractivity contribution in [3.05, 3.63) is 254 Å². The molecule has 2 heteroatoms. The Labute approximate surface area is 434 Å². The van der Waals surface area contributed by atoms with Crippen molar-refractivity contribution >= 4 is 71.2 Å². The van der Waals surface area contributed by atoms with E-state index in [1.54, 1.807) is 0 Å². The molecule has 0 spiro atoms. The van der Waals surface area contributed by atoms with Crippen molar-refractivity contribution in [1.29, 1.82) is 0 Å². The third-order valence-corrected chi connectivity index (χ3v) is 15.4. The molecule has 1 heterocycles. The summed E-state index contributed by atoms with van der Waals surface area (Å²) in [7, 11) is 0. The van der Waals surface area contributed by atoms with Crippen molar-refractivity contribution in [1.82, 2.24) is 4.57 Å². The first-order valence-electron chi connectivity index (χ1n) is 26.1. The predicted octanol–water partition coefficient (Wildman–Crippen LogP) is 20.4. The van der Waals surface area contributed by atoms with E-state index in [0.717, 1.165) is 17.1 Å². The van der Waals surface area contributed by atoms with Crippen LogP contribution in [0.25, 0.3) is 104 Å². The largest absolute Gasteiger partial charge is 0.310 e. The Morgan fingerprint density at radius 2 is 0.770 bits per heavy atom. The number of benzene rings is 12. The van der Waals surface area contributed by atoms with Crippen LogP contribution in [0.3, 0.4) is 0 Å². The Kier molecular flexibility index (Phi) is 10.7. The normalized spacial score (nSPS) is 12.2. The molecule has 74 heavy (non-hydrogen) atoms. The molecule has 1 aromatic heterocycles. The number of para-hydroxylation sites is 2. The van der Waals surface area contributed by atoms with E-state index in [1.165, 1.54) is 115 Å². The molecule has 0 bridgehead atoms. The van der Waals surface area contributed by atoms with Gasteiger partial charge in [-0.25, -0.2) is 0 Å². The molecule has 0 saturated carbocycles. The van der Waals surface area contributed by atoms with Gasteiger partial charge in [-0.3, -0.25) is 0 Å². The molecule has 13 aromatic rings. The average Bonchev–Trinajstić information content (AvgIpc) is 3.77. The number of anilines is 3. The highest BCUT2D eigenvalue weighted by Gasteiger charge is 2.26. The standard InChI is InChI=1S/C72H58N2/c1-71(2,3)55-41-53(52-25-19-24-51(40-52)47-20-9-7-10-21-47)43-57(45-55)73(58-44-54(42-56(46-58)72(4,5)6)60-27-14-13-26-59(60)48-22-11-8-12-23-48)67-38-34-49-33-37-64-68(39-35-50-32-36-63(67)69(49)70(50)64)74-65-30-17-15-28-61(65)62-29-16-18-31-66(62)74/h7-46H,1-6H3. The topological polar surface area (TPSA) is 8.17 Å². The summed E-state index contributed by atoms with van der Waals surface area (Å²) in [5, 5.41) is 9.98. The lowest BCUT2D eigenvalue weighted by atomic mass is 9.83. The minimum Gasteiger partial charge on any atom is -0.310 e. The van der Waals surface area contributed by atoms with Crippen molar-refractivity contribution < 1.29 is 0 Å². The monoisotopic (exact) mass is 950 g/mol. The van der Waals surface area contributed by atoms with Crippen molar-refractivity contribution in [2.24, 2.45) is 0 Å². The summed E-state index contributed by atoms with van der Waals surface area (Å²) < 4.78 is 2.48. The molecule has 0 aliphatic rings. The van der Waals surface area contributed by atoms with Gasteiger partial charge in [0.1, 0.15) is 0 Å². The highest BCUT2D eigenvalue weighted by Crippen LogP contribution is 2.49. The molecule has 0 N–H and O–H groups in total. The van der Waals surface area contributed by atoms with E-state index in [9.17, 15) is 0 Å². The fraction of sp³-hybridized carbons (Fsp3) is 0.111. The summed E-state index contributed by atoms with van der Waals surface area (Å²) in [4.78, 5) is 2.57. The van der Waals surface area contributed by atoms with Crippen LogP contribution in [0, 0.1) is 0 Å². The number of rotatable bonds is 8. The van der Waals surface area contributed by atoms with Crippen LogP contribution in [-0.4, -0.2) is 4.57 Å². The maximum absolute atomic E-state index is 2.57. The SMILES string of the molecule is CC(C)(C)c1cc(-c2cccc(-c3ccccc3)c2)cc(N(c2cc(-c3ccccc3-c3ccccc3)cc(C(C)(C)C)c2)c2ccc3ccc4c(-n5c6ccccc6c6ccccc65)ccc5ccc2c3c54)c1. The average molecular weight is 951 g/mol. The quantitative estimate of drug-likeness (QED) is 0.138. The summed E-state index contributed by atoms with van der Waals surface area (Å²) in [6, 6.07) is 90.6. The van der Waals surface area contributed by atoms with Crippen LogP contribution in [-0.2, 0) is 10.8 Å². The fourth-order valence-electron chi connectivity index (χ4n) is 11.6. The Morgan fingerprint density at radius 3 is 1.39 bits per heavy atom. The molecule has 356 valence electrons. The Bertz CT molecular complexity index is 4200. The van der Waals surface area contributed by atoms with Crippen LogP contribution in [0.4, 0.5) is 17.1 Å². The molecule has 0 atom stereocenters. The first kappa shape index (κ1) is 45.2. The fourth-order valence-corrected chi connectivity index (χ4v) is 11.6. The minimum absolute atomic E-state index is 0.146. The molecular formula is C72H58N2. The lowest BCUT2D eigenvalue weighted by Crippen LogP contribution is -2.17. The smallest absolute Gasteiger partial charge is 0.0541 e. The van der Waals surface area contributed by atoms with Crippen molar-refractivity contribution in [2.45, 2.75) is 52.4 Å². The Hall–Kier alpha value is -8.72. The maximum atomic E-state index is 2.57. The summed E-state index contributed by atoms with van der Waals surface area (Å²) in [5.41, 5.74) is 18.8. The molecule has 0 fully saturated rings. The minimum atomic E-state index is -0.152. The maximum Gasteiger partial charge on any atom is 0.0541 e. The van der Waals surface area contributed by atoms with E-state index in [0.29, 0.717) is 0 Å². The van der Waals surface area contributed by atoms with Crippen molar-refractivity contribution in [3.63, 3.8) is 0 Å². The molecule has 0 amide bonds. The molecule has 0 radical (unpaired) electrons. The summed E-state index contributed by atoms with van der Waals surface area (Å²) in [6.45, 7) is 14.0. The molecule has 12 aromatic carbocycles. The van der Waals surface area contributed by atoms with Gasteiger partial charge in [0.25, 0.3) is 0 Å². The van der Waals surface area contributed by atoms with Gasteiger partial charge in [0.2, 0.25) is 0 Å². The molecule has 13 rings (SSSR count). The van der Waals surface area contributed by atoms with Gasteiger partial charge < -0.3 is 9.47 Å². The number of hydrogen-bond acceptors (Lipinski definition) is 1. The second-order valence-corrected chi connectivity index (χ2v) is 22.2.